The van der Waals surface area contributed by atoms with Crippen molar-refractivity contribution in [1.82, 2.24) is 4.90 Å². The van der Waals surface area contributed by atoms with Gasteiger partial charge < -0.3 is 10.2 Å². The first kappa shape index (κ1) is 18.0. The van der Waals surface area contributed by atoms with Crippen molar-refractivity contribution >= 4 is 29.1 Å². The molecule has 0 saturated carbocycles. The molecule has 25 heavy (non-hydrogen) atoms. The van der Waals surface area contributed by atoms with Crippen LogP contribution in [0.25, 0.3) is 0 Å². The molecule has 134 valence electrons. The Balaban J connectivity index is 2.17. The number of halogens is 1. The Morgan fingerprint density at radius 1 is 1.40 bits per heavy atom. The molecule has 1 spiro atoms. The highest BCUT2D eigenvalue weighted by atomic mass is 35.5. The van der Waals surface area contributed by atoms with Crippen LogP contribution in [0, 0.1) is 0 Å². The summed E-state index contributed by atoms with van der Waals surface area (Å²) in [6, 6.07) is 7.63. The quantitative estimate of drug-likeness (QED) is 0.640. The van der Waals surface area contributed by atoms with Crippen LogP contribution in [-0.2, 0) is 15.0 Å². The third kappa shape index (κ3) is 2.77. The highest BCUT2D eigenvalue weighted by molar-refractivity contribution is 6.17. The summed E-state index contributed by atoms with van der Waals surface area (Å²) in [7, 11) is 0. The van der Waals surface area contributed by atoms with Gasteiger partial charge in [-0.05, 0) is 37.8 Å². The Hall–Kier alpha value is -1.81. The van der Waals surface area contributed by atoms with Crippen molar-refractivity contribution in [1.29, 1.82) is 0 Å². The number of carbonyl (C=O) groups excluding carboxylic acids is 2. The van der Waals surface area contributed by atoms with Gasteiger partial charge in [0.15, 0.2) is 0 Å². The van der Waals surface area contributed by atoms with Crippen LogP contribution in [0.5, 0.6) is 0 Å². The van der Waals surface area contributed by atoms with E-state index in [0.717, 1.165) is 29.7 Å². The molecule has 2 aliphatic rings. The monoisotopic (exact) mass is 360 g/mol. The van der Waals surface area contributed by atoms with Crippen molar-refractivity contribution in [3.63, 3.8) is 0 Å². The van der Waals surface area contributed by atoms with Gasteiger partial charge in [-0.1, -0.05) is 36.8 Å². The van der Waals surface area contributed by atoms with E-state index in [1.54, 1.807) is 0 Å². The van der Waals surface area contributed by atoms with Crippen LogP contribution < -0.4 is 5.32 Å². The van der Waals surface area contributed by atoms with Crippen LogP contribution >= 0.6 is 11.6 Å². The predicted molar refractivity (Wildman–Crippen MR) is 101 cm³/mol. The lowest BCUT2D eigenvalue weighted by Crippen LogP contribution is -2.60. The van der Waals surface area contributed by atoms with Crippen LogP contribution in [0.4, 0.5) is 5.69 Å². The second kappa shape index (κ2) is 7.20. The van der Waals surface area contributed by atoms with Crippen molar-refractivity contribution in [2.75, 3.05) is 17.7 Å². The van der Waals surface area contributed by atoms with Crippen LogP contribution in [0.3, 0.4) is 0 Å². The number of likely N-dealkylation sites (tertiary alicyclic amines) is 1. The largest absolute Gasteiger partial charge is 0.335 e. The summed E-state index contributed by atoms with van der Waals surface area (Å²) in [4.78, 5) is 27.8. The molecule has 2 unspecified atom stereocenters. The number of benzene rings is 1. The fourth-order valence-electron chi connectivity index (χ4n) is 4.41. The number of allylic oxidation sites excluding steroid dienone is 1. The summed E-state index contributed by atoms with van der Waals surface area (Å²) < 4.78 is 0. The third-order valence-corrected chi connectivity index (χ3v) is 5.82. The van der Waals surface area contributed by atoms with Crippen LogP contribution in [0.2, 0.25) is 0 Å². The highest BCUT2D eigenvalue weighted by Crippen LogP contribution is 2.50. The fraction of sp³-hybridized carbons (Fsp3) is 0.500. The van der Waals surface area contributed by atoms with Crippen molar-refractivity contribution in [3.8, 4) is 0 Å². The van der Waals surface area contributed by atoms with E-state index in [2.05, 4.69) is 18.3 Å². The molecule has 2 heterocycles. The van der Waals surface area contributed by atoms with Gasteiger partial charge in [0.2, 0.25) is 11.8 Å². The zero-order valence-corrected chi connectivity index (χ0v) is 15.6. The topological polar surface area (TPSA) is 49.4 Å². The Bertz CT molecular complexity index is 715. The minimum Gasteiger partial charge on any atom is -0.335 e. The SMILES string of the molecule is CC=C(CC)C1N(CCCCl)C(=O)CCC12C(=O)Nc1ccccc12. The van der Waals surface area contributed by atoms with E-state index in [9.17, 15) is 9.59 Å². The van der Waals surface area contributed by atoms with Crippen LogP contribution in [-0.4, -0.2) is 35.2 Å². The molecule has 0 bridgehead atoms. The van der Waals surface area contributed by atoms with Gasteiger partial charge in [-0.15, -0.1) is 11.6 Å². The minimum atomic E-state index is -0.700. The molecule has 2 aliphatic heterocycles. The number of piperidine rings is 1. The van der Waals surface area contributed by atoms with E-state index in [-0.39, 0.29) is 17.9 Å². The van der Waals surface area contributed by atoms with E-state index in [0.29, 0.717) is 25.3 Å². The number of hydrogen-bond donors (Lipinski definition) is 1. The second-order valence-corrected chi connectivity index (χ2v) is 7.10. The number of nitrogens with one attached hydrogen (secondary N) is 1. The summed E-state index contributed by atoms with van der Waals surface area (Å²) in [5.74, 6) is 0.629. The standard InChI is InChI=1S/C20H25ClN2O2/c1-3-14(4-2)18-20(11-10-17(24)23(18)13-7-12-21)15-8-5-6-9-16(15)22-19(20)25/h3,5-6,8-9,18H,4,7,10-13H2,1-2H3,(H,22,25). The molecule has 0 aromatic heterocycles. The normalized spacial score (nSPS) is 26.1. The maximum atomic E-state index is 13.2. The number of amides is 2. The van der Waals surface area contributed by atoms with Gasteiger partial charge in [0.1, 0.15) is 5.41 Å². The highest BCUT2D eigenvalue weighted by Gasteiger charge is 2.57. The van der Waals surface area contributed by atoms with Gasteiger partial charge in [0, 0.05) is 24.5 Å². The van der Waals surface area contributed by atoms with Crippen molar-refractivity contribution in [3.05, 3.63) is 41.5 Å². The van der Waals surface area contributed by atoms with E-state index < -0.39 is 5.41 Å². The first-order chi connectivity index (χ1) is 12.1. The minimum absolute atomic E-state index is 0.00914. The summed E-state index contributed by atoms with van der Waals surface area (Å²) in [5.41, 5.74) is 2.32. The molecule has 1 saturated heterocycles. The number of anilines is 1. The van der Waals surface area contributed by atoms with Gasteiger partial charge >= 0.3 is 0 Å². The van der Waals surface area contributed by atoms with Gasteiger partial charge in [0.05, 0.1) is 6.04 Å². The molecule has 3 rings (SSSR count). The van der Waals surface area contributed by atoms with Crippen molar-refractivity contribution < 1.29 is 9.59 Å². The maximum Gasteiger partial charge on any atom is 0.237 e. The summed E-state index contributed by atoms with van der Waals surface area (Å²) in [5, 5.41) is 3.05. The molecule has 1 aromatic carbocycles. The second-order valence-electron chi connectivity index (χ2n) is 6.72. The summed E-state index contributed by atoms with van der Waals surface area (Å²) in [6.07, 6.45) is 4.54. The maximum absolute atomic E-state index is 13.2. The average molecular weight is 361 g/mol. The van der Waals surface area contributed by atoms with Crippen molar-refractivity contribution in [2.24, 2.45) is 0 Å². The molecule has 4 nitrogen and oxygen atoms in total. The van der Waals surface area contributed by atoms with Gasteiger partial charge in [-0.25, -0.2) is 0 Å². The van der Waals surface area contributed by atoms with E-state index in [1.807, 2.05) is 36.1 Å². The fourth-order valence-corrected chi connectivity index (χ4v) is 4.53. The Labute approximate surface area is 154 Å². The smallest absolute Gasteiger partial charge is 0.237 e. The molecule has 1 fully saturated rings. The zero-order valence-electron chi connectivity index (χ0n) is 14.8. The number of carbonyl (C=O) groups is 2. The Kier molecular flexibility index (Phi) is 5.19. The van der Waals surface area contributed by atoms with E-state index >= 15 is 0 Å². The lowest BCUT2D eigenvalue weighted by molar-refractivity contribution is -0.141. The van der Waals surface area contributed by atoms with E-state index in [1.165, 1.54) is 0 Å². The van der Waals surface area contributed by atoms with Gasteiger partial charge in [-0.2, -0.15) is 0 Å². The molecule has 5 heteroatoms. The molecule has 0 aliphatic carbocycles. The van der Waals surface area contributed by atoms with Crippen LogP contribution in [0.1, 0.15) is 45.1 Å². The number of fused-ring (bicyclic) bond motifs is 2. The molecule has 1 aromatic rings. The lowest BCUT2D eigenvalue weighted by Gasteiger charge is -2.48. The first-order valence-corrected chi connectivity index (χ1v) is 9.55. The van der Waals surface area contributed by atoms with Crippen molar-refractivity contribution in [2.45, 2.75) is 51.0 Å². The summed E-state index contributed by atoms with van der Waals surface area (Å²) in [6.45, 7) is 4.66. The molecule has 0 radical (unpaired) electrons. The average Bonchev–Trinajstić information content (AvgIpc) is 2.90. The predicted octanol–water partition coefficient (Wildman–Crippen LogP) is 3.85. The number of rotatable bonds is 5. The Morgan fingerprint density at radius 2 is 2.16 bits per heavy atom. The first-order valence-electron chi connectivity index (χ1n) is 9.01. The third-order valence-electron chi connectivity index (χ3n) is 5.56. The number of nitrogens with zero attached hydrogens (tertiary/aromatic N) is 1. The molecule has 2 atom stereocenters. The Morgan fingerprint density at radius 3 is 2.84 bits per heavy atom. The zero-order chi connectivity index (χ0) is 18.0. The van der Waals surface area contributed by atoms with E-state index in [4.69, 9.17) is 11.6 Å². The van der Waals surface area contributed by atoms with Gasteiger partial charge in [0.25, 0.3) is 0 Å². The molecular weight excluding hydrogens is 336 g/mol. The molecule has 2 amide bonds. The van der Waals surface area contributed by atoms with Gasteiger partial charge in [-0.3, -0.25) is 9.59 Å². The number of para-hydroxylation sites is 1. The molecule has 1 N–H and O–H groups in total. The lowest BCUT2D eigenvalue weighted by atomic mass is 9.66. The number of alkyl halides is 1. The number of hydrogen-bond acceptors (Lipinski definition) is 2. The molecular formula is C20H25ClN2O2. The summed E-state index contributed by atoms with van der Waals surface area (Å²) >= 11 is 5.89. The van der Waals surface area contributed by atoms with Crippen LogP contribution in [0.15, 0.2) is 35.9 Å².